The van der Waals surface area contributed by atoms with Crippen molar-refractivity contribution in [3.05, 3.63) is 29.1 Å². The lowest BCUT2D eigenvalue weighted by atomic mass is 9.93. The second-order valence-corrected chi connectivity index (χ2v) is 8.00. The Labute approximate surface area is 114 Å². The third kappa shape index (κ3) is 2.67. The Hall–Kier alpha value is -0.940. The van der Waals surface area contributed by atoms with E-state index in [1.807, 2.05) is 0 Å². The minimum absolute atomic E-state index is 0.00884. The summed E-state index contributed by atoms with van der Waals surface area (Å²) in [5, 5.41) is 0. The second kappa shape index (κ2) is 4.56. The molecule has 0 bridgehead atoms. The van der Waals surface area contributed by atoms with Crippen LogP contribution in [0.25, 0.3) is 0 Å². The van der Waals surface area contributed by atoms with Gasteiger partial charge in [-0.15, -0.1) is 0 Å². The summed E-state index contributed by atoms with van der Waals surface area (Å²) in [7, 11) is -3.52. The molecule has 1 aliphatic rings. The molecular weight excluding hydrogens is 265 g/mol. The molecule has 0 unspecified atom stereocenters. The molecule has 0 saturated carbocycles. The van der Waals surface area contributed by atoms with E-state index in [1.165, 1.54) is 16.4 Å². The van der Waals surface area contributed by atoms with E-state index in [1.54, 1.807) is 13.8 Å². The van der Waals surface area contributed by atoms with E-state index in [4.69, 9.17) is 0 Å². The van der Waals surface area contributed by atoms with Gasteiger partial charge in [-0.1, -0.05) is 13.8 Å². The maximum atomic E-state index is 13.3. The maximum Gasteiger partial charge on any atom is 0.243 e. The van der Waals surface area contributed by atoms with Crippen molar-refractivity contribution in [3.63, 3.8) is 0 Å². The number of aryl methyl sites for hydroxylation is 2. The van der Waals surface area contributed by atoms with Crippen molar-refractivity contribution >= 4 is 10.0 Å². The first-order chi connectivity index (χ1) is 8.63. The molecule has 0 N–H and O–H groups in total. The van der Waals surface area contributed by atoms with Gasteiger partial charge in [0, 0.05) is 13.1 Å². The van der Waals surface area contributed by atoms with Crippen molar-refractivity contribution in [1.82, 2.24) is 4.31 Å². The standard InChI is InChI=1S/C14H20FNO2S/c1-10-7-12(15)8-11(2)13(10)19(17,18)16-6-5-14(3,4)9-16/h7-8H,5-6,9H2,1-4H3. The van der Waals surface area contributed by atoms with Gasteiger partial charge in [0.05, 0.1) is 4.90 Å². The van der Waals surface area contributed by atoms with Gasteiger partial charge in [-0.3, -0.25) is 0 Å². The van der Waals surface area contributed by atoms with Gasteiger partial charge < -0.3 is 0 Å². The molecule has 0 radical (unpaired) electrons. The molecule has 0 aliphatic carbocycles. The van der Waals surface area contributed by atoms with Crippen LogP contribution in [0, 0.1) is 25.1 Å². The fourth-order valence-corrected chi connectivity index (χ4v) is 4.74. The number of nitrogens with zero attached hydrogens (tertiary/aromatic N) is 1. The van der Waals surface area contributed by atoms with Crippen LogP contribution in [0.1, 0.15) is 31.4 Å². The van der Waals surface area contributed by atoms with E-state index in [0.29, 0.717) is 24.2 Å². The van der Waals surface area contributed by atoms with E-state index in [2.05, 4.69) is 13.8 Å². The molecule has 0 atom stereocenters. The molecule has 1 saturated heterocycles. The van der Waals surface area contributed by atoms with Crippen LogP contribution in [0.15, 0.2) is 17.0 Å². The van der Waals surface area contributed by atoms with Crippen molar-refractivity contribution < 1.29 is 12.8 Å². The van der Waals surface area contributed by atoms with Gasteiger partial charge in [0.15, 0.2) is 0 Å². The highest BCUT2D eigenvalue weighted by molar-refractivity contribution is 7.89. The van der Waals surface area contributed by atoms with Gasteiger partial charge in [0.25, 0.3) is 0 Å². The lowest BCUT2D eigenvalue weighted by Gasteiger charge is -2.21. The molecule has 1 aromatic carbocycles. The second-order valence-electron chi connectivity index (χ2n) is 6.12. The van der Waals surface area contributed by atoms with Gasteiger partial charge in [0.1, 0.15) is 5.82 Å². The SMILES string of the molecule is Cc1cc(F)cc(C)c1S(=O)(=O)N1CCC(C)(C)C1. The molecule has 2 rings (SSSR count). The number of hydrogen-bond donors (Lipinski definition) is 0. The van der Waals surface area contributed by atoms with Crippen LogP contribution in [-0.4, -0.2) is 25.8 Å². The van der Waals surface area contributed by atoms with Crippen LogP contribution in [0.2, 0.25) is 0 Å². The van der Waals surface area contributed by atoms with Crippen LogP contribution in [0.4, 0.5) is 4.39 Å². The highest BCUT2D eigenvalue weighted by atomic mass is 32.2. The van der Waals surface area contributed by atoms with Crippen LogP contribution < -0.4 is 0 Å². The van der Waals surface area contributed by atoms with E-state index < -0.39 is 15.8 Å². The third-order valence-corrected chi connectivity index (χ3v) is 5.82. The Bertz CT molecular complexity index is 585. The van der Waals surface area contributed by atoms with E-state index in [0.717, 1.165) is 6.42 Å². The third-order valence-electron chi connectivity index (χ3n) is 3.67. The maximum absolute atomic E-state index is 13.3. The minimum Gasteiger partial charge on any atom is -0.207 e. The van der Waals surface area contributed by atoms with Crippen molar-refractivity contribution in [2.75, 3.05) is 13.1 Å². The molecule has 0 spiro atoms. The summed E-state index contributed by atoms with van der Waals surface area (Å²) in [5.41, 5.74) is 0.957. The first-order valence-corrected chi connectivity index (χ1v) is 7.84. The van der Waals surface area contributed by atoms with Gasteiger partial charge in [-0.05, 0) is 48.9 Å². The summed E-state index contributed by atoms with van der Waals surface area (Å²) in [6.45, 7) is 8.46. The Kier molecular flexibility index (Phi) is 3.47. The number of sulfonamides is 1. The molecule has 1 aromatic rings. The van der Waals surface area contributed by atoms with Crippen LogP contribution in [-0.2, 0) is 10.0 Å². The molecule has 3 nitrogen and oxygen atoms in total. The normalized spacial score (nSPS) is 19.8. The fraction of sp³-hybridized carbons (Fsp3) is 0.571. The molecule has 1 fully saturated rings. The van der Waals surface area contributed by atoms with Crippen LogP contribution >= 0.6 is 0 Å². The summed E-state index contributed by atoms with van der Waals surface area (Å²) in [6, 6.07) is 2.56. The first kappa shape index (κ1) is 14.5. The summed E-state index contributed by atoms with van der Waals surface area (Å²) < 4.78 is 40.2. The summed E-state index contributed by atoms with van der Waals surface area (Å²) in [4.78, 5) is 0.256. The quantitative estimate of drug-likeness (QED) is 0.838. The average molecular weight is 285 g/mol. The molecular formula is C14H20FNO2S. The average Bonchev–Trinajstić information content (AvgIpc) is 2.57. The van der Waals surface area contributed by atoms with E-state index in [-0.39, 0.29) is 10.3 Å². The summed E-state index contributed by atoms with van der Waals surface area (Å²) >= 11 is 0. The predicted octanol–water partition coefficient (Wildman–Crippen LogP) is 2.86. The minimum atomic E-state index is -3.52. The number of hydrogen-bond acceptors (Lipinski definition) is 2. The summed E-state index contributed by atoms with van der Waals surface area (Å²) in [6.07, 6.45) is 0.853. The largest absolute Gasteiger partial charge is 0.243 e. The van der Waals surface area contributed by atoms with Gasteiger partial charge in [-0.2, -0.15) is 4.31 Å². The van der Waals surface area contributed by atoms with Crippen molar-refractivity contribution in [3.8, 4) is 0 Å². The monoisotopic (exact) mass is 285 g/mol. The van der Waals surface area contributed by atoms with Gasteiger partial charge in [-0.25, -0.2) is 12.8 Å². The topological polar surface area (TPSA) is 37.4 Å². The highest BCUT2D eigenvalue weighted by Crippen LogP contribution is 2.34. The number of benzene rings is 1. The molecule has 106 valence electrons. The zero-order valence-corrected chi connectivity index (χ0v) is 12.6. The molecule has 1 heterocycles. The Balaban J connectivity index is 2.47. The lowest BCUT2D eigenvalue weighted by Crippen LogP contribution is -2.31. The molecule has 0 amide bonds. The molecule has 1 aliphatic heterocycles. The number of halogens is 1. The van der Waals surface area contributed by atoms with Gasteiger partial charge in [0.2, 0.25) is 10.0 Å². The Morgan fingerprint density at radius 1 is 1.21 bits per heavy atom. The van der Waals surface area contributed by atoms with E-state index >= 15 is 0 Å². The molecule has 0 aromatic heterocycles. The van der Waals surface area contributed by atoms with E-state index in [9.17, 15) is 12.8 Å². The van der Waals surface area contributed by atoms with Crippen molar-refractivity contribution in [2.45, 2.75) is 39.0 Å². The Morgan fingerprint density at radius 3 is 2.16 bits per heavy atom. The van der Waals surface area contributed by atoms with Gasteiger partial charge >= 0.3 is 0 Å². The first-order valence-electron chi connectivity index (χ1n) is 6.40. The summed E-state index contributed by atoms with van der Waals surface area (Å²) in [5.74, 6) is -0.393. The fourth-order valence-electron chi connectivity index (χ4n) is 2.70. The zero-order valence-electron chi connectivity index (χ0n) is 11.8. The van der Waals surface area contributed by atoms with Crippen molar-refractivity contribution in [1.29, 1.82) is 0 Å². The lowest BCUT2D eigenvalue weighted by molar-refractivity contribution is 0.375. The highest BCUT2D eigenvalue weighted by Gasteiger charge is 2.38. The number of rotatable bonds is 2. The molecule has 19 heavy (non-hydrogen) atoms. The smallest absolute Gasteiger partial charge is 0.207 e. The predicted molar refractivity (Wildman–Crippen MR) is 73.0 cm³/mol. The van der Waals surface area contributed by atoms with Crippen LogP contribution in [0.3, 0.4) is 0 Å². The molecule has 5 heteroatoms. The zero-order chi connectivity index (χ0) is 14.4. The van der Waals surface area contributed by atoms with Crippen molar-refractivity contribution in [2.24, 2.45) is 5.41 Å². The van der Waals surface area contributed by atoms with Crippen LogP contribution in [0.5, 0.6) is 0 Å². The Morgan fingerprint density at radius 2 is 1.74 bits per heavy atom.